The van der Waals surface area contributed by atoms with Crippen molar-refractivity contribution in [1.29, 1.82) is 0 Å². The Kier molecular flexibility index (Phi) is 2.73. The lowest BCUT2D eigenvalue weighted by Crippen LogP contribution is -1.89. The molecule has 2 heterocycles. The highest BCUT2D eigenvalue weighted by atomic mass is 32.1. The lowest BCUT2D eigenvalue weighted by molar-refractivity contribution is 0.969. The van der Waals surface area contributed by atoms with Gasteiger partial charge in [-0.25, -0.2) is 0 Å². The molecule has 0 radical (unpaired) electrons. The second-order valence-electron chi connectivity index (χ2n) is 4.44. The van der Waals surface area contributed by atoms with Crippen molar-refractivity contribution >= 4 is 21.6 Å². The van der Waals surface area contributed by atoms with Gasteiger partial charge in [0.05, 0.1) is 10.2 Å². The third kappa shape index (κ3) is 2.13. The van der Waals surface area contributed by atoms with Gasteiger partial charge >= 0.3 is 0 Å². The van der Waals surface area contributed by atoms with Crippen molar-refractivity contribution in [3.8, 4) is 0 Å². The summed E-state index contributed by atoms with van der Waals surface area (Å²) in [6.45, 7) is 2.12. The molecule has 0 aliphatic rings. The number of aromatic nitrogens is 1. The molecule has 2 heteroatoms. The van der Waals surface area contributed by atoms with Crippen LogP contribution in [0.4, 0.5) is 0 Å². The maximum absolute atomic E-state index is 3.45. The molecule has 0 atom stereocenters. The molecule has 0 saturated carbocycles. The molecule has 3 aromatic rings. The number of thiophene rings is 1. The molecule has 0 bridgehead atoms. The summed E-state index contributed by atoms with van der Waals surface area (Å²) >= 11 is 1.84. The fraction of sp³-hybridized carbons (Fsp3) is 0.200. The number of rotatable bonds is 3. The molecule has 0 fully saturated rings. The van der Waals surface area contributed by atoms with Crippen LogP contribution >= 0.6 is 11.3 Å². The average Bonchev–Trinajstić information content (AvgIpc) is 2.87. The highest BCUT2D eigenvalue weighted by Gasteiger charge is 2.06. The van der Waals surface area contributed by atoms with Crippen molar-refractivity contribution in [2.24, 2.45) is 0 Å². The van der Waals surface area contributed by atoms with E-state index in [9.17, 15) is 0 Å². The van der Waals surface area contributed by atoms with Gasteiger partial charge in [0.2, 0.25) is 0 Å². The van der Waals surface area contributed by atoms with Gasteiger partial charge in [0.1, 0.15) is 0 Å². The monoisotopic (exact) mass is 241 g/mol. The van der Waals surface area contributed by atoms with E-state index in [4.69, 9.17) is 0 Å². The normalized spacial score (nSPS) is 11.1. The third-order valence-electron chi connectivity index (χ3n) is 3.09. The van der Waals surface area contributed by atoms with Gasteiger partial charge in [-0.3, -0.25) is 0 Å². The van der Waals surface area contributed by atoms with E-state index in [1.807, 2.05) is 11.3 Å². The van der Waals surface area contributed by atoms with Gasteiger partial charge in [-0.05, 0) is 42.3 Å². The van der Waals surface area contributed by atoms with Crippen molar-refractivity contribution in [1.82, 2.24) is 4.98 Å². The molecular weight excluding hydrogens is 226 g/mol. The fourth-order valence-corrected chi connectivity index (χ4v) is 3.25. The molecule has 1 nitrogen and oxygen atoms in total. The number of nitrogens with one attached hydrogen (secondary N) is 1. The molecule has 0 saturated heterocycles. The van der Waals surface area contributed by atoms with E-state index in [2.05, 4.69) is 53.7 Å². The molecular formula is C15H15NS. The van der Waals surface area contributed by atoms with Gasteiger partial charge < -0.3 is 4.98 Å². The molecule has 1 N–H and O–H groups in total. The molecule has 0 aliphatic carbocycles. The minimum absolute atomic E-state index is 1.12. The molecule has 0 spiro atoms. The Morgan fingerprint density at radius 3 is 2.76 bits per heavy atom. The van der Waals surface area contributed by atoms with Crippen LogP contribution in [0.15, 0.2) is 41.8 Å². The van der Waals surface area contributed by atoms with Crippen LogP contribution in [-0.4, -0.2) is 4.98 Å². The van der Waals surface area contributed by atoms with Crippen LogP contribution in [0.3, 0.4) is 0 Å². The van der Waals surface area contributed by atoms with Gasteiger partial charge in [0, 0.05) is 5.69 Å². The molecule has 86 valence electrons. The predicted octanol–water partition coefficient (Wildman–Crippen LogP) is 4.32. The van der Waals surface area contributed by atoms with E-state index < -0.39 is 0 Å². The number of hydrogen-bond donors (Lipinski definition) is 1. The van der Waals surface area contributed by atoms with Crippen LogP contribution in [-0.2, 0) is 12.8 Å². The summed E-state index contributed by atoms with van der Waals surface area (Å²) in [6, 6.07) is 12.9. The number of hydrogen-bond acceptors (Lipinski definition) is 1. The molecule has 1 aromatic carbocycles. The highest BCUT2D eigenvalue weighted by Crippen LogP contribution is 2.27. The van der Waals surface area contributed by atoms with Crippen molar-refractivity contribution in [2.45, 2.75) is 19.8 Å². The second kappa shape index (κ2) is 4.38. The zero-order valence-corrected chi connectivity index (χ0v) is 10.7. The molecule has 17 heavy (non-hydrogen) atoms. The number of benzene rings is 1. The van der Waals surface area contributed by atoms with Gasteiger partial charge in [-0.1, -0.05) is 30.3 Å². The molecule has 0 aliphatic heterocycles. The number of aryl methyl sites for hydroxylation is 3. The maximum atomic E-state index is 3.45. The first-order valence-corrected chi connectivity index (χ1v) is 6.80. The first kappa shape index (κ1) is 10.6. The van der Waals surface area contributed by atoms with E-state index in [1.54, 1.807) is 0 Å². The number of H-pyrrole nitrogens is 1. The maximum Gasteiger partial charge on any atom is 0.0598 e. The standard InChI is InChI=1S/C15H15NS/c1-11-9-14-15(16-11)13(10-17-14)8-7-12-5-3-2-4-6-12/h2-6,9-10,16H,7-8H2,1H3. The van der Waals surface area contributed by atoms with Gasteiger partial charge in [0.25, 0.3) is 0 Å². The quantitative estimate of drug-likeness (QED) is 0.702. The van der Waals surface area contributed by atoms with E-state index in [-0.39, 0.29) is 0 Å². The summed E-state index contributed by atoms with van der Waals surface area (Å²) < 4.78 is 1.38. The molecule has 2 aromatic heterocycles. The van der Waals surface area contributed by atoms with Crippen LogP contribution in [0, 0.1) is 6.92 Å². The SMILES string of the molecule is Cc1cc2scc(CCc3ccccc3)c2[nH]1. The molecule has 3 rings (SSSR count). The minimum atomic E-state index is 1.12. The Hall–Kier alpha value is -1.54. The number of fused-ring (bicyclic) bond motifs is 1. The molecule has 0 amide bonds. The Morgan fingerprint density at radius 1 is 1.12 bits per heavy atom. The van der Waals surface area contributed by atoms with E-state index in [0.717, 1.165) is 12.8 Å². The second-order valence-corrected chi connectivity index (χ2v) is 5.35. The highest BCUT2D eigenvalue weighted by molar-refractivity contribution is 7.17. The smallest absolute Gasteiger partial charge is 0.0598 e. The summed E-state index contributed by atoms with van der Waals surface area (Å²) in [6.07, 6.45) is 2.23. The summed E-state index contributed by atoms with van der Waals surface area (Å²) in [5.74, 6) is 0. The van der Waals surface area contributed by atoms with E-state index in [0.29, 0.717) is 0 Å². The zero-order chi connectivity index (χ0) is 11.7. The van der Waals surface area contributed by atoms with Crippen LogP contribution in [0.1, 0.15) is 16.8 Å². The molecule has 0 unspecified atom stereocenters. The first-order chi connectivity index (χ1) is 8.33. The lowest BCUT2D eigenvalue weighted by Gasteiger charge is -1.99. The minimum Gasteiger partial charge on any atom is -0.358 e. The first-order valence-electron chi connectivity index (χ1n) is 5.92. The Balaban J connectivity index is 1.81. The summed E-state index contributed by atoms with van der Waals surface area (Å²) in [7, 11) is 0. The Morgan fingerprint density at radius 2 is 1.94 bits per heavy atom. The van der Waals surface area contributed by atoms with Crippen molar-refractivity contribution < 1.29 is 0 Å². The average molecular weight is 241 g/mol. The van der Waals surface area contributed by atoms with Crippen LogP contribution in [0.5, 0.6) is 0 Å². The van der Waals surface area contributed by atoms with Gasteiger partial charge in [-0.2, -0.15) is 0 Å². The van der Waals surface area contributed by atoms with Crippen molar-refractivity contribution in [3.63, 3.8) is 0 Å². The number of aromatic amines is 1. The lowest BCUT2D eigenvalue weighted by atomic mass is 10.1. The summed E-state index contributed by atoms with van der Waals surface area (Å²) in [4.78, 5) is 3.45. The Labute approximate surface area is 105 Å². The van der Waals surface area contributed by atoms with Crippen LogP contribution < -0.4 is 0 Å². The summed E-state index contributed by atoms with van der Waals surface area (Å²) in [5, 5.41) is 2.28. The van der Waals surface area contributed by atoms with Crippen molar-refractivity contribution in [2.75, 3.05) is 0 Å². The van der Waals surface area contributed by atoms with E-state index in [1.165, 1.54) is 27.0 Å². The topological polar surface area (TPSA) is 15.8 Å². The third-order valence-corrected chi connectivity index (χ3v) is 4.07. The largest absolute Gasteiger partial charge is 0.358 e. The zero-order valence-electron chi connectivity index (χ0n) is 9.86. The van der Waals surface area contributed by atoms with Gasteiger partial charge in [-0.15, -0.1) is 11.3 Å². The Bertz CT molecular complexity index is 619. The van der Waals surface area contributed by atoms with Crippen LogP contribution in [0.25, 0.3) is 10.2 Å². The fourth-order valence-electron chi connectivity index (χ4n) is 2.20. The predicted molar refractivity (Wildman–Crippen MR) is 74.8 cm³/mol. The van der Waals surface area contributed by atoms with E-state index >= 15 is 0 Å². The van der Waals surface area contributed by atoms with Gasteiger partial charge in [0.15, 0.2) is 0 Å². The summed E-state index contributed by atoms with van der Waals surface area (Å²) in [5.41, 5.74) is 5.45. The van der Waals surface area contributed by atoms with Crippen molar-refractivity contribution in [3.05, 3.63) is 58.6 Å². The van der Waals surface area contributed by atoms with Crippen LogP contribution in [0.2, 0.25) is 0 Å².